The van der Waals surface area contributed by atoms with Gasteiger partial charge in [0.15, 0.2) is 0 Å². The van der Waals surface area contributed by atoms with Crippen molar-refractivity contribution in [2.24, 2.45) is 5.92 Å². The van der Waals surface area contributed by atoms with Crippen molar-refractivity contribution >= 4 is 11.8 Å². The average molecular weight is 194 g/mol. The van der Waals surface area contributed by atoms with Gasteiger partial charge in [-0.1, -0.05) is 0 Å². The number of amides is 2. The highest BCUT2D eigenvalue weighted by atomic mass is 16.2. The third-order valence-electron chi connectivity index (χ3n) is 3.50. The number of carbonyl (C=O) groups is 2. The highest BCUT2D eigenvalue weighted by Crippen LogP contribution is 2.36. The first-order chi connectivity index (χ1) is 6.77. The minimum absolute atomic E-state index is 0.0685. The van der Waals surface area contributed by atoms with Gasteiger partial charge in [0, 0.05) is 6.54 Å². The summed E-state index contributed by atoms with van der Waals surface area (Å²) < 4.78 is 0. The Balaban J connectivity index is 1.85. The van der Waals surface area contributed by atoms with E-state index in [1.807, 2.05) is 0 Å². The molecule has 1 aliphatic carbocycles. The van der Waals surface area contributed by atoms with Crippen LogP contribution < -0.4 is 5.32 Å². The molecule has 1 saturated carbocycles. The second-order valence-electron chi connectivity index (χ2n) is 4.51. The molecule has 3 fully saturated rings. The predicted molar refractivity (Wildman–Crippen MR) is 49.4 cm³/mol. The number of hydrogen-bond acceptors (Lipinski definition) is 2. The van der Waals surface area contributed by atoms with E-state index in [1.54, 1.807) is 4.90 Å². The smallest absolute Gasteiger partial charge is 0.246 e. The van der Waals surface area contributed by atoms with Gasteiger partial charge < -0.3 is 10.2 Å². The van der Waals surface area contributed by atoms with E-state index < -0.39 is 0 Å². The van der Waals surface area contributed by atoms with Gasteiger partial charge in [-0.3, -0.25) is 9.59 Å². The van der Waals surface area contributed by atoms with E-state index in [2.05, 4.69) is 5.32 Å². The lowest BCUT2D eigenvalue weighted by molar-refractivity contribution is -0.147. The van der Waals surface area contributed by atoms with E-state index in [9.17, 15) is 9.59 Å². The quantitative estimate of drug-likeness (QED) is 0.633. The zero-order chi connectivity index (χ0) is 9.71. The second-order valence-corrected chi connectivity index (χ2v) is 4.51. The van der Waals surface area contributed by atoms with Crippen LogP contribution in [0.3, 0.4) is 0 Å². The highest BCUT2D eigenvalue weighted by Gasteiger charge is 2.48. The van der Waals surface area contributed by atoms with Crippen LogP contribution in [0, 0.1) is 5.92 Å². The zero-order valence-corrected chi connectivity index (χ0v) is 8.03. The molecule has 4 nitrogen and oxygen atoms in total. The fraction of sp³-hybridized carbons (Fsp3) is 0.800. The molecule has 2 aliphatic heterocycles. The molecule has 2 heterocycles. The summed E-state index contributed by atoms with van der Waals surface area (Å²) in [7, 11) is 0. The van der Waals surface area contributed by atoms with E-state index >= 15 is 0 Å². The number of nitrogens with one attached hydrogen (secondary N) is 1. The first kappa shape index (κ1) is 8.26. The van der Waals surface area contributed by atoms with E-state index in [1.165, 1.54) is 0 Å². The lowest BCUT2D eigenvalue weighted by Crippen LogP contribution is -2.61. The van der Waals surface area contributed by atoms with Gasteiger partial charge in [0.25, 0.3) is 0 Å². The van der Waals surface area contributed by atoms with Crippen molar-refractivity contribution < 1.29 is 9.59 Å². The van der Waals surface area contributed by atoms with Gasteiger partial charge in [-0.05, 0) is 31.6 Å². The van der Waals surface area contributed by atoms with Crippen molar-refractivity contribution in [3.05, 3.63) is 0 Å². The molecule has 2 atom stereocenters. The maximum absolute atomic E-state index is 11.9. The molecule has 2 saturated heterocycles. The molecule has 4 heteroatoms. The van der Waals surface area contributed by atoms with Crippen molar-refractivity contribution in [3.8, 4) is 0 Å². The van der Waals surface area contributed by atoms with Crippen LogP contribution in [0.5, 0.6) is 0 Å². The third-order valence-corrected chi connectivity index (χ3v) is 3.50. The molecule has 0 aromatic heterocycles. The Morgan fingerprint density at radius 1 is 1.21 bits per heavy atom. The largest absolute Gasteiger partial charge is 0.342 e. The van der Waals surface area contributed by atoms with Gasteiger partial charge in [-0.15, -0.1) is 0 Å². The lowest BCUT2D eigenvalue weighted by atomic mass is 10.1. The van der Waals surface area contributed by atoms with Crippen LogP contribution in [0.15, 0.2) is 0 Å². The van der Waals surface area contributed by atoms with E-state index in [0.717, 1.165) is 32.2 Å². The van der Waals surface area contributed by atoms with Gasteiger partial charge >= 0.3 is 0 Å². The molecule has 0 aromatic rings. The maximum atomic E-state index is 11.9. The summed E-state index contributed by atoms with van der Waals surface area (Å²) in [5.74, 6) is 0.654. The Morgan fingerprint density at radius 2 is 2.00 bits per heavy atom. The first-order valence-electron chi connectivity index (χ1n) is 5.38. The molecular formula is C10H14N2O2. The molecule has 3 aliphatic rings. The molecule has 3 rings (SSSR count). The summed E-state index contributed by atoms with van der Waals surface area (Å²) in [5.41, 5.74) is 0. The topological polar surface area (TPSA) is 49.4 Å². The SMILES string of the molecule is O=C1N[C@@H](C2CC2)C(=O)N2CCC[C@@H]12. The number of hydrogen-bond donors (Lipinski definition) is 1. The minimum Gasteiger partial charge on any atom is -0.342 e. The van der Waals surface area contributed by atoms with E-state index in [4.69, 9.17) is 0 Å². The molecule has 0 radical (unpaired) electrons. The summed E-state index contributed by atoms with van der Waals surface area (Å²) >= 11 is 0. The van der Waals surface area contributed by atoms with Gasteiger partial charge in [0.2, 0.25) is 11.8 Å². The van der Waals surface area contributed by atoms with Crippen LogP contribution in [-0.2, 0) is 9.59 Å². The summed E-state index contributed by atoms with van der Waals surface area (Å²) in [4.78, 5) is 25.4. The van der Waals surface area contributed by atoms with Crippen molar-refractivity contribution in [2.45, 2.75) is 37.8 Å². The Morgan fingerprint density at radius 3 is 2.71 bits per heavy atom. The van der Waals surface area contributed by atoms with Crippen molar-refractivity contribution in [1.29, 1.82) is 0 Å². The van der Waals surface area contributed by atoms with Crippen LogP contribution in [-0.4, -0.2) is 35.3 Å². The van der Waals surface area contributed by atoms with Crippen molar-refractivity contribution in [3.63, 3.8) is 0 Å². The number of piperazine rings is 1. The Bertz CT molecular complexity index is 294. The average Bonchev–Trinajstić information content (AvgIpc) is 2.88. The molecule has 76 valence electrons. The fourth-order valence-corrected chi connectivity index (χ4v) is 2.54. The molecule has 2 amide bonds. The second kappa shape index (κ2) is 2.72. The maximum Gasteiger partial charge on any atom is 0.246 e. The Kier molecular flexibility index (Phi) is 1.60. The monoisotopic (exact) mass is 194 g/mol. The Hall–Kier alpha value is -1.06. The third kappa shape index (κ3) is 1.06. The molecule has 0 aromatic carbocycles. The molecule has 0 unspecified atom stereocenters. The van der Waals surface area contributed by atoms with Crippen molar-refractivity contribution in [1.82, 2.24) is 10.2 Å². The summed E-state index contributed by atoms with van der Waals surface area (Å²) in [6.45, 7) is 0.778. The van der Waals surface area contributed by atoms with Crippen LogP contribution in [0.4, 0.5) is 0 Å². The molecule has 0 spiro atoms. The standard InChI is InChI=1S/C10H14N2O2/c13-9-7-2-1-5-12(7)10(14)8(11-9)6-3-4-6/h6-8H,1-5H2,(H,11,13)/t7-,8-/m0/s1. The summed E-state index contributed by atoms with van der Waals surface area (Å²) in [6, 6.07) is -0.352. The minimum atomic E-state index is -0.197. The molecule has 1 N–H and O–H groups in total. The van der Waals surface area contributed by atoms with Gasteiger partial charge in [-0.25, -0.2) is 0 Å². The zero-order valence-electron chi connectivity index (χ0n) is 8.03. The summed E-state index contributed by atoms with van der Waals surface area (Å²) in [6.07, 6.45) is 4.00. The normalized spacial score (nSPS) is 37.0. The van der Waals surface area contributed by atoms with Crippen LogP contribution in [0.1, 0.15) is 25.7 Å². The predicted octanol–water partition coefficient (Wildman–Crippen LogP) is -0.114. The van der Waals surface area contributed by atoms with E-state index in [0.29, 0.717) is 5.92 Å². The highest BCUT2D eigenvalue weighted by molar-refractivity contribution is 5.97. The number of fused-ring (bicyclic) bond motifs is 1. The Labute approximate surface area is 82.6 Å². The van der Waals surface area contributed by atoms with Crippen LogP contribution in [0.2, 0.25) is 0 Å². The van der Waals surface area contributed by atoms with Gasteiger partial charge in [-0.2, -0.15) is 0 Å². The van der Waals surface area contributed by atoms with Crippen molar-refractivity contribution in [2.75, 3.05) is 6.54 Å². The van der Waals surface area contributed by atoms with Crippen LogP contribution in [0.25, 0.3) is 0 Å². The van der Waals surface area contributed by atoms with Gasteiger partial charge in [0.05, 0.1) is 0 Å². The molecule has 0 bridgehead atoms. The first-order valence-corrected chi connectivity index (χ1v) is 5.38. The van der Waals surface area contributed by atoms with Crippen LogP contribution >= 0.6 is 0 Å². The number of rotatable bonds is 1. The number of carbonyl (C=O) groups excluding carboxylic acids is 2. The molecular weight excluding hydrogens is 180 g/mol. The van der Waals surface area contributed by atoms with Gasteiger partial charge in [0.1, 0.15) is 12.1 Å². The fourth-order valence-electron chi connectivity index (χ4n) is 2.54. The molecule has 14 heavy (non-hydrogen) atoms. The number of nitrogens with zero attached hydrogens (tertiary/aromatic N) is 1. The lowest BCUT2D eigenvalue weighted by Gasteiger charge is -2.34. The van der Waals surface area contributed by atoms with E-state index in [-0.39, 0.29) is 23.9 Å². The summed E-state index contributed by atoms with van der Waals surface area (Å²) in [5, 5.41) is 2.87.